The zero-order chi connectivity index (χ0) is 17.0. The van der Waals surface area contributed by atoms with Gasteiger partial charge in [-0.1, -0.05) is 23.7 Å². The average Bonchev–Trinajstić information content (AvgIpc) is 2.52. The number of non-ortho nitro benzene ring substituents is 1. The molecule has 0 aliphatic carbocycles. The van der Waals surface area contributed by atoms with Crippen molar-refractivity contribution in [2.45, 2.75) is 6.92 Å². The molecule has 1 N–H and O–H groups in total. The Morgan fingerprint density at radius 1 is 1.09 bits per heavy atom. The number of hydrogen-bond donors (Lipinski definition) is 1. The van der Waals surface area contributed by atoms with Crippen molar-refractivity contribution in [3.63, 3.8) is 0 Å². The highest BCUT2D eigenvalue weighted by Gasteiger charge is 2.19. The standard InChI is InChI=1S/C14H11ClN4O4/c1-9(10-2-4-11(15)5-3-10)16-17-13-7-6-12(18(20)21)8-14(13)19(22)23/h2-8,17H,1H3/b16-9-. The average molecular weight is 335 g/mol. The Kier molecular flexibility index (Phi) is 4.87. The molecule has 0 unspecified atom stereocenters. The summed E-state index contributed by atoms with van der Waals surface area (Å²) in [5.41, 5.74) is 3.21. The van der Waals surface area contributed by atoms with Crippen LogP contribution in [0, 0.1) is 20.2 Å². The highest BCUT2D eigenvalue weighted by atomic mass is 35.5. The molecule has 0 spiro atoms. The van der Waals surface area contributed by atoms with Gasteiger partial charge in [0.1, 0.15) is 5.69 Å². The van der Waals surface area contributed by atoms with E-state index in [1.54, 1.807) is 31.2 Å². The smallest absolute Gasteiger partial charge is 0.271 e. The maximum atomic E-state index is 11.0. The minimum absolute atomic E-state index is 0.0638. The molecule has 0 heterocycles. The first kappa shape index (κ1) is 16.4. The number of halogens is 1. The lowest BCUT2D eigenvalue weighted by atomic mass is 10.1. The molecule has 2 rings (SSSR count). The zero-order valence-corrected chi connectivity index (χ0v) is 12.6. The highest BCUT2D eigenvalue weighted by molar-refractivity contribution is 6.30. The number of nitro groups is 2. The van der Waals surface area contributed by atoms with Crippen LogP contribution in [0.15, 0.2) is 47.6 Å². The molecule has 0 radical (unpaired) electrons. The van der Waals surface area contributed by atoms with Crippen LogP contribution in [-0.4, -0.2) is 15.6 Å². The Hall–Kier alpha value is -3.00. The molecule has 9 heteroatoms. The number of hydrazone groups is 1. The summed E-state index contributed by atoms with van der Waals surface area (Å²) in [6.07, 6.45) is 0. The van der Waals surface area contributed by atoms with Gasteiger partial charge in [0.2, 0.25) is 0 Å². The molecule has 2 aromatic rings. The number of anilines is 1. The van der Waals surface area contributed by atoms with Crippen LogP contribution in [0.4, 0.5) is 17.1 Å². The van der Waals surface area contributed by atoms with Crippen LogP contribution in [0.25, 0.3) is 0 Å². The number of nitrogens with zero attached hydrogens (tertiary/aromatic N) is 3. The number of nitrogens with one attached hydrogen (secondary N) is 1. The van der Waals surface area contributed by atoms with Gasteiger partial charge in [-0.05, 0) is 30.7 Å². The molecule has 0 bridgehead atoms. The molecule has 118 valence electrons. The van der Waals surface area contributed by atoms with Crippen molar-refractivity contribution in [1.29, 1.82) is 0 Å². The summed E-state index contributed by atoms with van der Waals surface area (Å²) in [6, 6.07) is 10.2. The molecule has 0 aromatic heterocycles. The molecule has 0 amide bonds. The van der Waals surface area contributed by atoms with E-state index in [0.717, 1.165) is 11.6 Å². The second-order valence-corrected chi connectivity index (χ2v) is 4.97. The van der Waals surface area contributed by atoms with Gasteiger partial charge in [-0.15, -0.1) is 0 Å². The Balaban J connectivity index is 2.28. The van der Waals surface area contributed by atoms with E-state index >= 15 is 0 Å². The van der Waals surface area contributed by atoms with Gasteiger partial charge in [0.15, 0.2) is 0 Å². The number of rotatable bonds is 5. The maximum absolute atomic E-state index is 11.0. The summed E-state index contributed by atoms with van der Waals surface area (Å²) < 4.78 is 0. The van der Waals surface area contributed by atoms with Gasteiger partial charge in [0, 0.05) is 11.1 Å². The number of nitro benzene ring substituents is 2. The van der Waals surface area contributed by atoms with Crippen molar-refractivity contribution in [3.8, 4) is 0 Å². The van der Waals surface area contributed by atoms with Crippen LogP contribution in [0.2, 0.25) is 5.02 Å². The molecule has 0 fully saturated rings. The van der Waals surface area contributed by atoms with Gasteiger partial charge in [0.25, 0.3) is 5.69 Å². The fourth-order valence-corrected chi connectivity index (χ4v) is 1.90. The molecule has 8 nitrogen and oxygen atoms in total. The quantitative estimate of drug-likeness (QED) is 0.504. The normalized spacial score (nSPS) is 11.1. The maximum Gasteiger partial charge on any atom is 0.301 e. The molecule has 0 saturated carbocycles. The van der Waals surface area contributed by atoms with E-state index in [4.69, 9.17) is 11.6 Å². The third-order valence-corrected chi connectivity index (χ3v) is 3.25. The Bertz CT molecular complexity index is 790. The van der Waals surface area contributed by atoms with Crippen LogP contribution >= 0.6 is 11.6 Å². The van der Waals surface area contributed by atoms with Crippen LogP contribution in [0.3, 0.4) is 0 Å². The molecule has 0 aliphatic rings. The minimum atomic E-state index is -0.706. The summed E-state index contributed by atoms with van der Waals surface area (Å²) >= 11 is 5.80. The lowest BCUT2D eigenvalue weighted by Gasteiger charge is -2.05. The van der Waals surface area contributed by atoms with Crippen molar-refractivity contribution in [3.05, 3.63) is 73.3 Å². The van der Waals surface area contributed by atoms with Crippen molar-refractivity contribution in [1.82, 2.24) is 0 Å². The number of hydrogen-bond acceptors (Lipinski definition) is 6. The monoisotopic (exact) mass is 334 g/mol. The van der Waals surface area contributed by atoms with Gasteiger partial charge in [-0.3, -0.25) is 25.7 Å². The molecule has 0 aliphatic heterocycles. The summed E-state index contributed by atoms with van der Waals surface area (Å²) in [4.78, 5) is 20.3. The molecule has 23 heavy (non-hydrogen) atoms. The van der Waals surface area contributed by atoms with Crippen LogP contribution in [0.1, 0.15) is 12.5 Å². The molecule has 0 atom stereocenters. The largest absolute Gasteiger partial charge is 0.301 e. The fourth-order valence-electron chi connectivity index (χ4n) is 1.78. The van der Waals surface area contributed by atoms with Gasteiger partial charge in [-0.2, -0.15) is 5.10 Å². The first-order chi connectivity index (χ1) is 10.9. The Morgan fingerprint density at radius 2 is 1.74 bits per heavy atom. The lowest BCUT2D eigenvalue weighted by molar-refractivity contribution is -0.393. The van der Waals surface area contributed by atoms with E-state index in [1.807, 2.05) is 0 Å². The second kappa shape index (κ2) is 6.84. The predicted molar refractivity (Wildman–Crippen MR) is 87.0 cm³/mol. The van der Waals surface area contributed by atoms with Crippen LogP contribution < -0.4 is 5.43 Å². The summed E-state index contributed by atoms with van der Waals surface area (Å²) in [5, 5.41) is 26.4. The molecule has 0 saturated heterocycles. The van der Waals surface area contributed by atoms with Crippen molar-refractivity contribution >= 4 is 34.4 Å². The van der Waals surface area contributed by atoms with E-state index < -0.39 is 15.5 Å². The van der Waals surface area contributed by atoms with Crippen LogP contribution in [0.5, 0.6) is 0 Å². The minimum Gasteiger partial charge on any atom is -0.271 e. The topological polar surface area (TPSA) is 111 Å². The van der Waals surface area contributed by atoms with E-state index in [9.17, 15) is 20.2 Å². The first-order valence-electron chi connectivity index (χ1n) is 6.37. The zero-order valence-electron chi connectivity index (χ0n) is 11.9. The van der Waals surface area contributed by atoms with Gasteiger partial charge in [0.05, 0.1) is 21.6 Å². The summed E-state index contributed by atoms with van der Waals surface area (Å²) in [5.74, 6) is 0. The van der Waals surface area contributed by atoms with Gasteiger partial charge >= 0.3 is 5.69 Å². The highest BCUT2D eigenvalue weighted by Crippen LogP contribution is 2.29. The molecular weight excluding hydrogens is 324 g/mol. The molecule has 2 aromatic carbocycles. The number of benzene rings is 2. The van der Waals surface area contributed by atoms with Gasteiger partial charge in [-0.25, -0.2) is 0 Å². The van der Waals surface area contributed by atoms with Crippen molar-refractivity contribution in [2.75, 3.05) is 5.43 Å². The fraction of sp³-hybridized carbons (Fsp3) is 0.0714. The van der Waals surface area contributed by atoms with E-state index in [0.29, 0.717) is 10.7 Å². The third kappa shape index (κ3) is 4.01. The van der Waals surface area contributed by atoms with Crippen molar-refractivity contribution in [2.24, 2.45) is 5.10 Å². The van der Waals surface area contributed by atoms with Gasteiger partial charge < -0.3 is 0 Å². The second-order valence-electron chi connectivity index (χ2n) is 4.53. The van der Waals surface area contributed by atoms with Crippen LogP contribution in [-0.2, 0) is 0 Å². The Labute approximate surface area is 135 Å². The van der Waals surface area contributed by atoms with E-state index in [2.05, 4.69) is 10.5 Å². The first-order valence-corrected chi connectivity index (χ1v) is 6.75. The van der Waals surface area contributed by atoms with E-state index in [-0.39, 0.29) is 11.4 Å². The third-order valence-electron chi connectivity index (χ3n) is 2.99. The lowest BCUT2D eigenvalue weighted by Crippen LogP contribution is -2.02. The summed E-state index contributed by atoms with van der Waals surface area (Å²) in [6.45, 7) is 1.72. The molecular formula is C14H11ClN4O4. The van der Waals surface area contributed by atoms with E-state index in [1.165, 1.54) is 12.1 Å². The van der Waals surface area contributed by atoms with Crippen molar-refractivity contribution < 1.29 is 9.85 Å². The Morgan fingerprint density at radius 3 is 2.30 bits per heavy atom. The SMILES string of the molecule is C/C(=N/Nc1ccc([N+](=O)[O-])cc1[N+](=O)[O-])c1ccc(Cl)cc1. The predicted octanol–water partition coefficient (Wildman–Crippen LogP) is 3.99. The summed E-state index contributed by atoms with van der Waals surface area (Å²) in [7, 11) is 0.